The molecule has 2 aliphatic heterocycles. The summed E-state index contributed by atoms with van der Waals surface area (Å²) < 4.78 is 17.0. The third kappa shape index (κ3) is 3.82. The minimum absolute atomic E-state index is 0.118. The monoisotopic (exact) mass is 391 g/mol. The second kappa shape index (κ2) is 8.05. The van der Waals surface area contributed by atoms with Crippen LogP contribution in [0.25, 0.3) is 11.1 Å². The van der Waals surface area contributed by atoms with Crippen molar-refractivity contribution in [3.8, 4) is 11.1 Å². The number of aromatic nitrogens is 3. The number of nitrogens with zero attached hydrogens (tertiary/aromatic N) is 4. The number of hydrogen-bond donors (Lipinski definition) is 1. The topological polar surface area (TPSA) is 46.0 Å². The number of nitrogens with one attached hydrogen (secondary N) is 1. The maximum Gasteiger partial charge on any atom is 0.147 e. The van der Waals surface area contributed by atoms with Crippen LogP contribution >= 0.6 is 0 Å². The van der Waals surface area contributed by atoms with Gasteiger partial charge in [0.25, 0.3) is 0 Å². The molecule has 1 fully saturated rings. The van der Waals surface area contributed by atoms with Crippen molar-refractivity contribution >= 4 is 0 Å². The Balaban J connectivity index is 1.22. The first-order valence-corrected chi connectivity index (χ1v) is 10.5. The summed E-state index contributed by atoms with van der Waals surface area (Å²) in [6.45, 7) is 5.33. The molecule has 2 aliphatic rings. The minimum atomic E-state index is -0.118. The van der Waals surface area contributed by atoms with Crippen molar-refractivity contribution in [3.05, 3.63) is 71.6 Å². The van der Waals surface area contributed by atoms with E-state index in [0.29, 0.717) is 12.5 Å². The fraction of sp³-hybridized carbons (Fsp3) is 0.391. The lowest BCUT2D eigenvalue weighted by Crippen LogP contribution is -2.35. The molecular weight excluding hydrogens is 365 g/mol. The molecule has 0 spiro atoms. The fourth-order valence-electron chi connectivity index (χ4n) is 4.49. The molecule has 29 heavy (non-hydrogen) atoms. The van der Waals surface area contributed by atoms with Gasteiger partial charge < -0.3 is 9.88 Å². The molecule has 0 unspecified atom stereocenters. The van der Waals surface area contributed by atoms with Gasteiger partial charge in [0.05, 0.1) is 6.54 Å². The fourth-order valence-corrected chi connectivity index (χ4v) is 4.49. The van der Waals surface area contributed by atoms with Crippen LogP contribution in [-0.2, 0) is 19.6 Å². The van der Waals surface area contributed by atoms with E-state index < -0.39 is 0 Å². The highest BCUT2D eigenvalue weighted by molar-refractivity contribution is 5.63. The largest absolute Gasteiger partial charge is 0.312 e. The molecule has 5 rings (SSSR count). The normalized spacial score (nSPS) is 18.0. The van der Waals surface area contributed by atoms with Crippen molar-refractivity contribution in [2.24, 2.45) is 0 Å². The zero-order valence-electron chi connectivity index (χ0n) is 16.5. The average Bonchev–Trinajstić information content (AvgIpc) is 3.20. The maximum absolute atomic E-state index is 14.7. The van der Waals surface area contributed by atoms with Crippen LogP contribution in [0.4, 0.5) is 4.39 Å². The van der Waals surface area contributed by atoms with Gasteiger partial charge in [0.2, 0.25) is 0 Å². The van der Waals surface area contributed by atoms with Crippen molar-refractivity contribution in [2.45, 2.75) is 38.4 Å². The van der Waals surface area contributed by atoms with Gasteiger partial charge >= 0.3 is 0 Å². The molecule has 1 saturated heterocycles. The van der Waals surface area contributed by atoms with E-state index in [1.807, 2.05) is 42.5 Å². The van der Waals surface area contributed by atoms with Gasteiger partial charge in [-0.15, -0.1) is 10.2 Å². The van der Waals surface area contributed by atoms with Gasteiger partial charge in [-0.25, -0.2) is 4.39 Å². The number of fused-ring (bicyclic) bond motifs is 1. The van der Waals surface area contributed by atoms with Crippen LogP contribution in [0.3, 0.4) is 0 Å². The molecule has 150 valence electrons. The molecule has 0 radical (unpaired) electrons. The minimum Gasteiger partial charge on any atom is -0.312 e. The zero-order chi connectivity index (χ0) is 19.6. The first kappa shape index (κ1) is 18.5. The van der Waals surface area contributed by atoms with E-state index in [9.17, 15) is 4.39 Å². The zero-order valence-corrected chi connectivity index (χ0v) is 16.5. The van der Waals surface area contributed by atoms with E-state index in [-0.39, 0.29) is 5.82 Å². The van der Waals surface area contributed by atoms with Crippen LogP contribution < -0.4 is 5.32 Å². The average molecular weight is 391 g/mol. The lowest BCUT2D eigenvalue weighted by atomic mass is 9.95. The summed E-state index contributed by atoms with van der Waals surface area (Å²) >= 11 is 0. The SMILES string of the molecule is Fc1cc(-c2ccccc2)ccc1CN1CCC(c2nnc3n2CCNC3)CC1. The molecule has 5 nitrogen and oxygen atoms in total. The van der Waals surface area contributed by atoms with E-state index in [0.717, 1.165) is 73.9 Å². The van der Waals surface area contributed by atoms with Crippen molar-refractivity contribution in [3.63, 3.8) is 0 Å². The molecule has 0 bridgehead atoms. The van der Waals surface area contributed by atoms with Crippen molar-refractivity contribution in [1.82, 2.24) is 25.0 Å². The van der Waals surface area contributed by atoms with Crippen LogP contribution in [-0.4, -0.2) is 39.3 Å². The van der Waals surface area contributed by atoms with E-state index in [1.165, 1.54) is 0 Å². The highest BCUT2D eigenvalue weighted by Crippen LogP contribution is 2.29. The Hall–Kier alpha value is -2.57. The van der Waals surface area contributed by atoms with Crippen LogP contribution in [0.15, 0.2) is 48.5 Å². The third-order valence-corrected chi connectivity index (χ3v) is 6.16. The molecule has 1 N–H and O–H groups in total. The first-order valence-electron chi connectivity index (χ1n) is 10.5. The third-order valence-electron chi connectivity index (χ3n) is 6.16. The van der Waals surface area contributed by atoms with Gasteiger partial charge in [-0.3, -0.25) is 4.90 Å². The Kier molecular flexibility index (Phi) is 5.12. The lowest BCUT2D eigenvalue weighted by Gasteiger charge is -2.32. The Bertz CT molecular complexity index is 976. The van der Waals surface area contributed by atoms with Crippen LogP contribution in [0.1, 0.15) is 36.0 Å². The highest BCUT2D eigenvalue weighted by Gasteiger charge is 2.27. The number of rotatable bonds is 4. The molecule has 2 aromatic carbocycles. The Labute approximate surface area is 170 Å². The van der Waals surface area contributed by atoms with E-state index in [1.54, 1.807) is 6.07 Å². The lowest BCUT2D eigenvalue weighted by molar-refractivity contribution is 0.197. The van der Waals surface area contributed by atoms with Crippen LogP contribution in [0.2, 0.25) is 0 Å². The summed E-state index contributed by atoms with van der Waals surface area (Å²) in [6, 6.07) is 15.6. The quantitative estimate of drug-likeness (QED) is 0.739. The molecule has 0 aliphatic carbocycles. The molecule has 1 aromatic heterocycles. The Morgan fingerprint density at radius 3 is 2.59 bits per heavy atom. The summed E-state index contributed by atoms with van der Waals surface area (Å²) in [5.74, 6) is 2.53. The molecular formula is C23H26FN5. The van der Waals surface area contributed by atoms with Gasteiger partial charge in [-0.2, -0.15) is 0 Å². The Morgan fingerprint density at radius 1 is 0.966 bits per heavy atom. The van der Waals surface area contributed by atoms with E-state index in [2.05, 4.69) is 25.0 Å². The number of halogens is 1. The smallest absolute Gasteiger partial charge is 0.147 e. The van der Waals surface area contributed by atoms with Gasteiger partial charge in [0.1, 0.15) is 17.5 Å². The second-order valence-corrected chi connectivity index (χ2v) is 8.03. The van der Waals surface area contributed by atoms with Crippen molar-refractivity contribution < 1.29 is 4.39 Å². The molecule has 0 atom stereocenters. The molecule has 0 amide bonds. The maximum atomic E-state index is 14.7. The van der Waals surface area contributed by atoms with Gasteiger partial charge in [0, 0.05) is 31.1 Å². The second-order valence-electron chi connectivity index (χ2n) is 8.03. The standard InChI is InChI=1S/C23H26FN5/c24-21-14-19(17-4-2-1-3-5-17)6-7-20(21)16-28-11-8-18(9-12-28)23-27-26-22-15-25-10-13-29(22)23/h1-7,14,18,25H,8-13,15-16H2. The summed E-state index contributed by atoms with van der Waals surface area (Å²) in [5, 5.41) is 12.2. The summed E-state index contributed by atoms with van der Waals surface area (Å²) in [7, 11) is 0. The number of benzene rings is 2. The number of hydrogen-bond acceptors (Lipinski definition) is 4. The highest BCUT2D eigenvalue weighted by atomic mass is 19.1. The van der Waals surface area contributed by atoms with E-state index in [4.69, 9.17) is 0 Å². The van der Waals surface area contributed by atoms with Crippen LogP contribution in [0.5, 0.6) is 0 Å². The molecule has 3 aromatic rings. The number of likely N-dealkylation sites (tertiary alicyclic amines) is 1. The van der Waals surface area contributed by atoms with E-state index >= 15 is 0 Å². The number of piperidine rings is 1. The molecule has 0 saturated carbocycles. The van der Waals surface area contributed by atoms with Gasteiger partial charge in [-0.1, -0.05) is 42.5 Å². The Morgan fingerprint density at radius 2 is 1.79 bits per heavy atom. The van der Waals surface area contributed by atoms with Crippen LogP contribution in [0, 0.1) is 5.82 Å². The van der Waals surface area contributed by atoms with Crippen molar-refractivity contribution in [2.75, 3.05) is 19.6 Å². The van der Waals surface area contributed by atoms with Crippen molar-refractivity contribution in [1.29, 1.82) is 0 Å². The first-order chi connectivity index (χ1) is 14.3. The predicted octanol–water partition coefficient (Wildman–Crippen LogP) is 3.57. The molecule has 6 heteroatoms. The van der Waals surface area contributed by atoms with Gasteiger partial charge in [0.15, 0.2) is 0 Å². The summed E-state index contributed by atoms with van der Waals surface area (Å²) in [6.07, 6.45) is 2.10. The summed E-state index contributed by atoms with van der Waals surface area (Å²) in [4.78, 5) is 2.35. The summed E-state index contributed by atoms with van der Waals surface area (Å²) in [5.41, 5.74) is 2.75. The molecule has 3 heterocycles. The van der Waals surface area contributed by atoms with Gasteiger partial charge in [-0.05, 0) is 43.1 Å². The predicted molar refractivity (Wildman–Crippen MR) is 111 cm³/mol.